The minimum Gasteiger partial charge on any atom is -0.439 e. The van der Waals surface area contributed by atoms with Crippen molar-refractivity contribution in [2.24, 2.45) is 4.99 Å². The van der Waals surface area contributed by atoms with Gasteiger partial charge in [0.05, 0.1) is 5.36 Å². The molecule has 0 unspecified atom stereocenters. The summed E-state index contributed by atoms with van der Waals surface area (Å²) in [6.07, 6.45) is 10.6. The third-order valence-corrected chi connectivity index (χ3v) is 2.97. The Morgan fingerprint density at radius 1 is 1.26 bits per heavy atom. The lowest BCUT2D eigenvalue weighted by Crippen LogP contribution is -2.24. The van der Waals surface area contributed by atoms with Crippen molar-refractivity contribution in [2.75, 3.05) is 0 Å². The van der Waals surface area contributed by atoms with E-state index in [1.54, 1.807) is 0 Å². The van der Waals surface area contributed by atoms with Crippen molar-refractivity contribution in [3.63, 3.8) is 0 Å². The molecule has 1 heterocycles. The molecule has 0 amide bonds. The predicted octanol–water partition coefficient (Wildman–Crippen LogP) is 2.51. The van der Waals surface area contributed by atoms with Crippen LogP contribution in [0.15, 0.2) is 83.1 Å². The highest BCUT2D eigenvalue weighted by Crippen LogP contribution is 2.19. The van der Waals surface area contributed by atoms with Gasteiger partial charge in [-0.1, -0.05) is 36.4 Å². The van der Waals surface area contributed by atoms with Crippen LogP contribution in [0.4, 0.5) is 0 Å². The lowest BCUT2D eigenvalue weighted by atomic mass is 10.1. The van der Waals surface area contributed by atoms with E-state index >= 15 is 0 Å². The lowest BCUT2D eigenvalue weighted by Gasteiger charge is -2.07. The Hall–Kier alpha value is -2.57. The van der Waals surface area contributed by atoms with Gasteiger partial charge in [-0.05, 0) is 35.9 Å². The SMILES string of the molecule is C=C1N=c2cccc/c2=C/CC2=C(C=C=CC=C2)O1. The standard InChI is InChI=1S/C17H13NO/c1-13-18-16-9-6-5-7-14(16)11-12-15-8-3-2-4-10-17(15)19-13/h2-3,5-11H,1,12H2/b14-11-,18-16?. The smallest absolute Gasteiger partial charge is 0.212 e. The summed E-state index contributed by atoms with van der Waals surface area (Å²) in [4.78, 5) is 4.42. The molecule has 92 valence electrons. The van der Waals surface area contributed by atoms with Gasteiger partial charge in [-0.2, -0.15) is 0 Å². The summed E-state index contributed by atoms with van der Waals surface area (Å²) in [5, 5.41) is 1.98. The molecule has 0 bridgehead atoms. The Morgan fingerprint density at radius 3 is 3.11 bits per heavy atom. The molecule has 1 aliphatic heterocycles. The molecule has 0 saturated carbocycles. The van der Waals surface area contributed by atoms with E-state index in [1.165, 1.54) is 0 Å². The van der Waals surface area contributed by atoms with Gasteiger partial charge in [0.2, 0.25) is 5.88 Å². The molecular formula is C17H13NO. The third kappa shape index (κ3) is 2.49. The van der Waals surface area contributed by atoms with Gasteiger partial charge in [-0.15, -0.1) is 5.73 Å². The van der Waals surface area contributed by atoms with Crippen molar-refractivity contribution in [3.05, 3.63) is 88.7 Å². The predicted molar refractivity (Wildman–Crippen MR) is 75.3 cm³/mol. The van der Waals surface area contributed by atoms with Crippen LogP contribution in [-0.2, 0) is 4.74 Å². The highest BCUT2D eigenvalue weighted by atomic mass is 16.5. The Labute approximate surface area is 111 Å². The fraction of sp³-hybridized carbons (Fsp3) is 0.0588. The number of benzene rings is 1. The van der Waals surface area contributed by atoms with Gasteiger partial charge in [0.1, 0.15) is 5.76 Å². The van der Waals surface area contributed by atoms with E-state index in [-0.39, 0.29) is 0 Å². The second kappa shape index (κ2) is 4.97. The van der Waals surface area contributed by atoms with Gasteiger partial charge in [-0.25, -0.2) is 4.99 Å². The largest absolute Gasteiger partial charge is 0.439 e. The van der Waals surface area contributed by atoms with Crippen molar-refractivity contribution < 1.29 is 4.74 Å². The first kappa shape index (κ1) is 11.5. The number of rotatable bonds is 0. The van der Waals surface area contributed by atoms with E-state index < -0.39 is 0 Å². The second-order valence-corrected chi connectivity index (χ2v) is 4.30. The van der Waals surface area contributed by atoms with Crippen LogP contribution in [0.1, 0.15) is 6.42 Å². The minimum absolute atomic E-state index is 0.392. The third-order valence-electron chi connectivity index (χ3n) is 2.97. The maximum atomic E-state index is 5.72. The number of hydrogen-bond acceptors (Lipinski definition) is 2. The zero-order valence-corrected chi connectivity index (χ0v) is 10.5. The second-order valence-electron chi connectivity index (χ2n) is 4.30. The van der Waals surface area contributed by atoms with Crippen molar-refractivity contribution in [3.8, 4) is 0 Å². The monoisotopic (exact) mass is 247 g/mol. The molecular weight excluding hydrogens is 234 g/mol. The normalized spacial score (nSPS) is 18.7. The summed E-state index contributed by atoms with van der Waals surface area (Å²) in [7, 11) is 0. The molecule has 0 saturated heterocycles. The van der Waals surface area contributed by atoms with E-state index in [0.29, 0.717) is 5.88 Å². The van der Waals surface area contributed by atoms with Crippen molar-refractivity contribution >= 4 is 6.08 Å². The molecule has 1 aliphatic carbocycles. The van der Waals surface area contributed by atoms with E-state index in [9.17, 15) is 0 Å². The van der Waals surface area contributed by atoms with Crippen LogP contribution in [-0.4, -0.2) is 0 Å². The summed E-state index contributed by atoms with van der Waals surface area (Å²) >= 11 is 0. The van der Waals surface area contributed by atoms with Crippen LogP contribution >= 0.6 is 0 Å². The number of hydrogen-bond donors (Lipinski definition) is 0. The Kier molecular flexibility index (Phi) is 3.01. The summed E-state index contributed by atoms with van der Waals surface area (Å²) in [6.45, 7) is 3.86. The Morgan fingerprint density at radius 2 is 2.16 bits per heavy atom. The molecule has 0 spiro atoms. The quantitative estimate of drug-likeness (QED) is 0.645. The fourth-order valence-electron chi connectivity index (χ4n) is 2.05. The van der Waals surface area contributed by atoms with E-state index in [2.05, 4.69) is 23.4 Å². The first-order valence-electron chi connectivity index (χ1n) is 6.16. The minimum atomic E-state index is 0.392. The molecule has 2 aliphatic rings. The van der Waals surface area contributed by atoms with Crippen LogP contribution in [0.3, 0.4) is 0 Å². The lowest BCUT2D eigenvalue weighted by molar-refractivity contribution is 0.313. The summed E-state index contributed by atoms with van der Waals surface area (Å²) < 4.78 is 5.72. The average Bonchev–Trinajstić information content (AvgIpc) is 2.59. The maximum Gasteiger partial charge on any atom is 0.212 e. The first-order chi connectivity index (χ1) is 9.33. The van der Waals surface area contributed by atoms with Gasteiger partial charge in [0, 0.05) is 6.08 Å². The van der Waals surface area contributed by atoms with Crippen LogP contribution in [0, 0.1) is 0 Å². The molecule has 2 nitrogen and oxygen atoms in total. The van der Waals surface area contributed by atoms with Gasteiger partial charge in [0.25, 0.3) is 0 Å². The van der Waals surface area contributed by atoms with Gasteiger partial charge < -0.3 is 4.74 Å². The van der Waals surface area contributed by atoms with E-state index in [4.69, 9.17) is 4.74 Å². The van der Waals surface area contributed by atoms with Crippen LogP contribution in [0.25, 0.3) is 6.08 Å². The Balaban J connectivity index is 2.18. The molecule has 19 heavy (non-hydrogen) atoms. The average molecular weight is 247 g/mol. The number of allylic oxidation sites excluding steroid dienone is 4. The molecule has 0 N–H and O–H groups in total. The number of para-hydroxylation sites is 1. The van der Waals surface area contributed by atoms with Crippen molar-refractivity contribution in [1.82, 2.24) is 0 Å². The van der Waals surface area contributed by atoms with Crippen LogP contribution < -0.4 is 10.6 Å². The number of nitrogens with zero attached hydrogens (tertiary/aromatic N) is 1. The summed E-state index contributed by atoms with van der Waals surface area (Å²) in [6, 6.07) is 7.98. The number of ether oxygens (including phenoxy) is 1. The first-order valence-corrected chi connectivity index (χ1v) is 6.16. The molecule has 0 fully saturated rings. The molecule has 2 heteroatoms. The molecule has 1 aromatic rings. The summed E-state index contributed by atoms with van der Waals surface area (Å²) in [5.74, 6) is 1.14. The highest BCUT2D eigenvalue weighted by molar-refractivity contribution is 5.42. The summed E-state index contributed by atoms with van der Waals surface area (Å²) in [5.41, 5.74) is 4.13. The van der Waals surface area contributed by atoms with Gasteiger partial charge in [-0.3, -0.25) is 0 Å². The molecule has 3 rings (SSSR count). The van der Waals surface area contributed by atoms with E-state index in [0.717, 1.165) is 28.3 Å². The van der Waals surface area contributed by atoms with Gasteiger partial charge >= 0.3 is 0 Å². The maximum absolute atomic E-state index is 5.72. The van der Waals surface area contributed by atoms with Crippen molar-refractivity contribution in [1.29, 1.82) is 0 Å². The number of fused-ring (bicyclic) bond motifs is 1. The fourth-order valence-corrected chi connectivity index (χ4v) is 2.05. The van der Waals surface area contributed by atoms with Crippen LogP contribution in [0.5, 0.6) is 0 Å². The molecule has 0 radical (unpaired) electrons. The molecule has 1 aromatic carbocycles. The molecule has 0 aromatic heterocycles. The zero-order chi connectivity index (χ0) is 13.1. The van der Waals surface area contributed by atoms with Crippen LogP contribution in [0.2, 0.25) is 0 Å². The van der Waals surface area contributed by atoms with E-state index in [1.807, 2.05) is 48.6 Å². The topological polar surface area (TPSA) is 21.6 Å². The zero-order valence-electron chi connectivity index (χ0n) is 10.5. The molecule has 0 atom stereocenters. The highest BCUT2D eigenvalue weighted by Gasteiger charge is 2.07. The van der Waals surface area contributed by atoms with Gasteiger partial charge in [0.15, 0.2) is 0 Å². The van der Waals surface area contributed by atoms with Crippen molar-refractivity contribution in [2.45, 2.75) is 6.42 Å². The Bertz CT molecular complexity index is 772.